The van der Waals surface area contributed by atoms with Gasteiger partial charge in [-0.05, 0) is 24.1 Å². The van der Waals surface area contributed by atoms with Gasteiger partial charge in [-0.3, -0.25) is 5.10 Å². The average molecular weight is 199 g/mol. The number of anilines is 1. The van der Waals surface area contributed by atoms with Crippen LogP contribution in [-0.4, -0.2) is 10.2 Å². The maximum Gasteiger partial charge on any atom is 0.126 e. The van der Waals surface area contributed by atoms with Crippen LogP contribution in [0.1, 0.15) is 12.5 Å². The van der Waals surface area contributed by atoms with Gasteiger partial charge in [0.1, 0.15) is 5.82 Å². The third-order valence-electron chi connectivity index (χ3n) is 2.34. The van der Waals surface area contributed by atoms with E-state index in [9.17, 15) is 0 Å². The Bertz CT molecular complexity index is 497. The van der Waals surface area contributed by atoms with E-state index in [0.717, 1.165) is 22.3 Å². The van der Waals surface area contributed by atoms with Crippen LogP contribution in [0.2, 0.25) is 0 Å². The molecule has 76 valence electrons. The first-order chi connectivity index (χ1) is 7.18. The Hall–Kier alpha value is -2.03. The van der Waals surface area contributed by atoms with Crippen LogP contribution in [0.4, 0.5) is 5.82 Å². The van der Waals surface area contributed by atoms with Crippen LogP contribution in [0.3, 0.4) is 0 Å². The van der Waals surface area contributed by atoms with Gasteiger partial charge in [0.15, 0.2) is 0 Å². The zero-order valence-electron chi connectivity index (χ0n) is 8.62. The summed E-state index contributed by atoms with van der Waals surface area (Å²) in [5.74, 6) is 0.592. The van der Waals surface area contributed by atoms with Crippen molar-refractivity contribution in [3.63, 3.8) is 0 Å². The second kappa shape index (κ2) is 3.61. The van der Waals surface area contributed by atoms with E-state index in [4.69, 9.17) is 5.73 Å². The fourth-order valence-electron chi connectivity index (χ4n) is 1.48. The Labute approximate surface area is 88.6 Å². The molecule has 1 aromatic carbocycles. The third kappa shape index (κ3) is 1.76. The van der Waals surface area contributed by atoms with Crippen molar-refractivity contribution in [3.8, 4) is 11.1 Å². The molecule has 2 aromatic rings. The maximum atomic E-state index is 5.76. The summed E-state index contributed by atoms with van der Waals surface area (Å²) in [7, 11) is 0. The number of nitrogens with zero attached hydrogens (tertiary/aromatic N) is 1. The predicted molar refractivity (Wildman–Crippen MR) is 63.1 cm³/mol. The van der Waals surface area contributed by atoms with Gasteiger partial charge < -0.3 is 5.73 Å². The van der Waals surface area contributed by atoms with E-state index >= 15 is 0 Å². The number of nitrogens with one attached hydrogen (secondary N) is 1. The minimum Gasteiger partial charge on any atom is -0.384 e. The van der Waals surface area contributed by atoms with E-state index in [1.54, 1.807) is 6.20 Å². The minimum atomic E-state index is 0.592. The highest BCUT2D eigenvalue weighted by atomic mass is 15.1. The minimum absolute atomic E-state index is 0.592. The molecule has 3 N–H and O–H groups in total. The largest absolute Gasteiger partial charge is 0.384 e. The fourth-order valence-corrected chi connectivity index (χ4v) is 1.48. The van der Waals surface area contributed by atoms with E-state index in [1.165, 1.54) is 0 Å². The Morgan fingerprint density at radius 3 is 2.87 bits per heavy atom. The normalized spacial score (nSPS) is 10.2. The number of benzene rings is 1. The number of aromatic nitrogens is 2. The molecule has 0 amide bonds. The average Bonchev–Trinajstić information content (AvgIpc) is 2.64. The quantitative estimate of drug-likeness (QED) is 0.781. The van der Waals surface area contributed by atoms with Gasteiger partial charge in [0, 0.05) is 5.56 Å². The molecule has 0 bridgehead atoms. The molecule has 3 nitrogen and oxygen atoms in total. The Balaban J connectivity index is 2.50. The second-order valence-electron chi connectivity index (χ2n) is 3.56. The third-order valence-corrected chi connectivity index (χ3v) is 2.34. The molecule has 0 saturated heterocycles. The van der Waals surface area contributed by atoms with Crippen LogP contribution < -0.4 is 5.73 Å². The first-order valence-electron chi connectivity index (χ1n) is 4.73. The highest BCUT2D eigenvalue weighted by Crippen LogP contribution is 2.25. The van der Waals surface area contributed by atoms with Crippen LogP contribution >= 0.6 is 0 Å². The van der Waals surface area contributed by atoms with E-state index in [2.05, 4.69) is 22.8 Å². The zero-order valence-corrected chi connectivity index (χ0v) is 8.62. The smallest absolute Gasteiger partial charge is 0.126 e. The SMILES string of the molecule is C=C(C)c1cccc(-c2cn[nH]c2N)c1. The molecule has 0 radical (unpaired) electrons. The molecular weight excluding hydrogens is 186 g/mol. The Morgan fingerprint density at radius 2 is 2.27 bits per heavy atom. The lowest BCUT2D eigenvalue weighted by atomic mass is 10.0. The van der Waals surface area contributed by atoms with Crippen LogP contribution in [-0.2, 0) is 0 Å². The van der Waals surface area contributed by atoms with Crippen molar-refractivity contribution in [2.45, 2.75) is 6.92 Å². The van der Waals surface area contributed by atoms with Crippen molar-refractivity contribution in [2.24, 2.45) is 0 Å². The lowest BCUT2D eigenvalue weighted by Crippen LogP contribution is -1.88. The molecule has 0 atom stereocenters. The molecule has 15 heavy (non-hydrogen) atoms. The van der Waals surface area contributed by atoms with Gasteiger partial charge in [-0.15, -0.1) is 0 Å². The van der Waals surface area contributed by atoms with E-state index in [-0.39, 0.29) is 0 Å². The maximum absolute atomic E-state index is 5.76. The summed E-state index contributed by atoms with van der Waals surface area (Å²) in [6.45, 7) is 5.90. The Kier molecular flexibility index (Phi) is 2.29. The molecule has 0 aliphatic heterocycles. The second-order valence-corrected chi connectivity index (χ2v) is 3.56. The van der Waals surface area contributed by atoms with Crippen LogP contribution in [0.5, 0.6) is 0 Å². The van der Waals surface area contributed by atoms with Gasteiger partial charge in [-0.1, -0.05) is 30.4 Å². The van der Waals surface area contributed by atoms with Gasteiger partial charge in [0.05, 0.1) is 6.20 Å². The monoisotopic (exact) mass is 199 g/mol. The Morgan fingerprint density at radius 1 is 1.47 bits per heavy atom. The van der Waals surface area contributed by atoms with E-state index in [1.807, 2.05) is 25.1 Å². The first kappa shape index (κ1) is 9.52. The number of nitrogen functional groups attached to an aromatic ring is 1. The number of aromatic amines is 1. The number of rotatable bonds is 2. The van der Waals surface area contributed by atoms with E-state index < -0.39 is 0 Å². The van der Waals surface area contributed by atoms with Gasteiger partial charge in [0.2, 0.25) is 0 Å². The summed E-state index contributed by atoms with van der Waals surface area (Å²) in [5.41, 5.74) is 9.90. The van der Waals surface area contributed by atoms with Crippen molar-refractivity contribution in [1.29, 1.82) is 0 Å². The highest BCUT2D eigenvalue weighted by molar-refractivity contribution is 5.76. The topological polar surface area (TPSA) is 54.7 Å². The molecule has 0 aliphatic carbocycles. The number of hydrogen-bond donors (Lipinski definition) is 2. The fraction of sp³-hybridized carbons (Fsp3) is 0.0833. The number of nitrogens with two attached hydrogens (primary N) is 1. The summed E-state index contributed by atoms with van der Waals surface area (Å²) in [4.78, 5) is 0. The highest BCUT2D eigenvalue weighted by Gasteiger charge is 2.04. The van der Waals surface area contributed by atoms with Crippen molar-refractivity contribution >= 4 is 11.4 Å². The predicted octanol–water partition coefficient (Wildman–Crippen LogP) is 2.69. The van der Waals surface area contributed by atoms with Crippen molar-refractivity contribution in [2.75, 3.05) is 5.73 Å². The van der Waals surface area contributed by atoms with Crippen molar-refractivity contribution < 1.29 is 0 Å². The summed E-state index contributed by atoms with van der Waals surface area (Å²) in [6.07, 6.45) is 1.73. The number of hydrogen-bond acceptors (Lipinski definition) is 2. The summed E-state index contributed by atoms with van der Waals surface area (Å²) < 4.78 is 0. The van der Waals surface area contributed by atoms with Gasteiger partial charge in [0.25, 0.3) is 0 Å². The summed E-state index contributed by atoms with van der Waals surface area (Å²) in [6, 6.07) is 8.09. The number of allylic oxidation sites excluding steroid dienone is 1. The molecule has 0 unspecified atom stereocenters. The van der Waals surface area contributed by atoms with Crippen LogP contribution in [0.15, 0.2) is 37.0 Å². The van der Waals surface area contributed by atoms with Gasteiger partial charge >= 0.3 is 0 Å². The van der Waals surface area contributed by atoms with Gasteiger partial charge in [-0.2, -0.15) is 5.10 Å². The molecular formula is C12H13N3. The molecule has 0 fully saturated rings. The summed E-state index contributed by atoms with van der Waals surface area (Å²) in [5, 5.41) is 6.62. The van der Waals surface area contributed by atoms with Crippen molar-refractivity contribution in [1.82, 2.24) is 10.2 Å². The van der Waals surface area contributed by atoms with Crippen LogP contribution in [0.25, 0.3) is 16.7 Å². The lowest BCUT2D eigenvalue weighted by molar-refractivity contribution is 1.10. The van der Waals surface area contributed by atoms with E-state index in [0.29, 0.717) is 5.82 Å². The van der Waals surface area contributed by atoms with Gasteiger partial charge in [-0.25, -0.2) is 0 Å². The molecule has 0 saturated carbocycles. The lowest BCUT2D eigenvalue weighted by Gasteiger charge is -2.03. The number of H-pyrrole nitrogens is 1. The molecule has 2 rings (SSSR count). The van der Waals surface area contributed by atoms with Crippen molar-refractivity contribution in [3.05, 3.63) is 42.6 Å². The summed E-state index contributed by atoms with van der Waals surface area (Å²) >= 11 is 0. The zero-order chi connectivity index (χ0) is 10.8. The molecule has 0 spiro atoms. The molecule has 0 aliphatic rings. The molecule has 1 aromatic heterocycles. The first-order valence-corrected chi connectivity index (χ1v) is 4.73. The molecule has 1 heterocycles. The molecule has 3 heteroatoms. The standard InChI is InChI=1S/C12H13N3/c1-8(2)9-4-3-5-10(6-9)11-7-14-15-12(11)13/h3-7H,1H2,2H3,(H3,13,14,15). The van der Waals surface area contributed by atoms with Crippen LogP contribution in [0, 0.1) is 0 Å².